The Morgan fingerprint density at radius 2 is 1.70 bits per heavy atom. The number of hydrogen-bond donors (Lipinski definition) is 0. The van der Waals surface area contributed by atoms with Crippen LogP contribution in [0.15, 0.2) is 30.3 Å². The van der Waals surface area contributed by atoms with Gasteiger partial charge in [0.15, 0.2) is 0 Å². The number of nitrogens with zero attached hydrogens (tertiary/aromatic N) is 2. The average Bonchev–Trinajstić information content (AvgIpc) is 2.87. The first-order chi connectivity index (χ1) is 13.0. The van der Waals surface area contributed by atoms with Crippen molar-refractivity contribution >= 4 is 5.91 Å². The van der Waals surface area contributed by atoms with Crippen molar-refractivity contribution in [2.75, 3.05) is 26.2 Å². The second-order valence-corrected chi connectivity index (χ2v) is 8.76. The highest BCUT2D eigenvalue weighted by Gasteiger charge is 2.36. The first-order valence-electron chi connectivity index (χ1n) is 10.7. The van der Waals surface area contributed by atoms with Crippen molar-refractivity contribution in [1.82, 2.24) is 9.80 Å². The van der Waals surface area contributed by atoms with Crippen LogP contribution in [0, 0.1) is 5.92 Å². The smallest absolute Gasteiger partial charge is 0.240 e. The van der Waals surface area contributed by atoms with Crippen molar-refractivity contribution in [2.45, 2.75) is 71.1 Å². The molecule has 0 N–H and O–H groups in total. The lowest BCUT2D eigenvalue weighted by Gasteiger charge is -2.42. The summed E-state index contributed by atoms with van der Waals surface area (Å²) in [4.78, 5) is 18.0. The third kappa shape index (κ3) is 5.11. The van der Waals surface area contributed by atoms with Gasteiger partial charge < -0.3 is 9.64 Å². The van der Waals surface area contributed by atoms with Gasteiger partial charge in [-0.15, -0.1) is 0 Å². The van der Waals surface area contributed by atoms with Crippen LogP contribution in [0.2, 0.25) is 0 Å². The molecule has 4 unspecified atom stereocenters. The van der Waals surface area contributed by atoms with E-state index in [1.54, 1.807) is 0 Å². The topological polar surface area (TPSA) is 32.8 Å². The van der Waals surface area contributed by atoms with Crippen molar-refractivity contribution in [3.8, 4) is 0 Å². The van der Waals surface area contributed by atoms with Gasteiger partial charge in [-0.1, -0.05) is 44.2 Å². The lowest BCUT2D eigenvalue weighted by molar-refractivity contribution is -0.145. The number of likely N-dealkylation sites (tertiary alicyclic amines) is 1. The fourth-order valence-electron chi connectivity index (χ4n) is 4.87. The number of hydrogen-bond acceptors (Lipinski definition) is 3. The summed E-state index contributed by atoms with van der Waals surface area (Å²) in [6.07, 6.45) is 3.71. The quantitative estimate of drug-likeness (QED) is 0.803. The number of ether oxygens (including phenoxy) is 1. The zero-order valence-corrected chi connectivity index (χ0v) is 17.4. The minimum absolute atomic E-state index is 0.0351. The minimum atomic E-state index is -0.0351. The van der Waals surface area contributed by atoms with Crippen LogP contribution < -0.4 is 0 Å². The molecule has 2 heterocycles. The number of carbonyl (C=O) groups is 1. The van der Waals surface area contributed by atoms with Crippen LogP contribution >= 0.6 is 0 Å². The van der Waals surface area contributed by atoms with Crippen molar-refractivity contribution in [3.63, 3.8) is 0 Å². The van der Waals surface area contributed by atoms with Crippen molar-refractivity contribution < 1.29 is 9.53 Å². The molecule has 0 spiro atoms. The van der Waals surface area contributed by atoms with E-state index in [-0.39, 0.29) is 18.2 Å². The van der Waals surface area contributed by atoms with Gasteiger partial charge in [0.25, 0.3) is 0 Å². The molecule has 1 aromatic rings. The molecule has 2 aliphatic heterocycles. The van der Waals surface area contributed by atoms with Crippen LogP contribution in [0.25, 0.3) is 0 Å². The van der Waals surface area contributed by atoms with Crippen molar-refractivity contribution in [2.24, 2.45) is 5.92 Å². The van der Waals surface area contributed by atoms with E-state index in [0.717, 1.165) is 39.0 Å². The molecule has 1 aromatic carbocycles. The SMILES string of the molecule is CC1CN(C(C(=O)N2CCCC(c3ccccc3)CC2)C(C)C)CC(C)O1. The highest BCUT2D eigenvalue weighted by atomic mass is 16.5. The fourth-order valence-corrected chi connectivity index (χ4v) is 4.87. The number of rotatable bonds is 4. The molecule has 0 saturated carbocycles. The molecule has 2 saturated heterocycles. The molecular weight excluding hydrogens is 336 g/mol. The fraction of sp³-hybridized carbons (Fsp3) is 0.696. The van der Waals surface area contributed by atoms with E-state index in [9.17, 15) is 4.79 Å². The van der Waals surface area contributed by atoms with E-state index in [1.165, 1.54) is 12.0 Å². The second kappa shape index (κ2) is 9.20. The highest BCUT2D eigenvalue weighted by molar-refractivity contribution is 5.82. The number of benzene rings is 1. The third-order valence-corrected chi connectivity index (χ3v) is 6.04. The Labute approximate surface area is 164 Å². The van der Waals surface area contributed by atoms with Gasteiger partial charge in [-0.05, 0) is 50.5 Å². The molecule has 0 radical (unpaired) electrons. The second-order valence-electron chi connectivity index (χ2n) is 8.76. The lowest BCUT2D eigenvalue weighted by atomic mass is 9.92. The summed E-state index contributed by atoms with van der Waals surface area (Å²) in [5.41, 5.74) is 1.42. The van der Waals surface area contributed by atoms with Gasteiger partial charge in [0.2, 0.25) is 5.91 Å². The van der Waals surface area contributed by atoms with Crippen LogP contribution in [0.3, 0.4) is 0 Å². The maximum absolute atomic E-state index is 13.5. The van der Waals surface area contributed by atoms with Gasteiger partial charge in [0, 0.05) is 26.2 Å². The molecule has 4 heteroatoms. The van der Waals surface area contributed by atoms with Gasteiger partial charge in [0.05, 0.1) is 18.2 Å². The molecule has 0 aliphatic carbocycles. The normalized spacial score (nSPS) is 28.8. The van der Waals surface area contributed by atoms with Gasteiger partial charge in [-0.25, -0.2) is 0 Å². The number of carbonyl (C=O) groups excluding carboxylic acids is 1. The molecular formula is C23H36N2O2. The molecule has 1 amide bonds. The van der Waals surface area contributed by atoms with Crippen LogP contribution in [0.1, 0.15) is 58.4 Å². The van der Waals surface area contributed by atoms with Gasteiger partial charge in [-0.3, -0.25) is 9.69 Å². The summed E-state index contributed by atoms with van der Waals surface area (Å²) < 4.78 is 5.89. The summed E-state index contributed by atoms with van der Waals surface area (Å²) in [6, 6.07) is 10.8. The third-order valence-electron chi connectivity index (χ3n) is 6.04. The maximum atomic E-state index is 13.5. The maximum Gasteiger partial charge on any atom is 0.240 e. The van der Waals surface area contributed by atoms with Crippen LogP contribution in [0.5, 0.6) is 0 Å². The predicted octanol–water partition coefficient (Wildman–Crippen LogP) is 3.92. The van der Waals surface area contributed by atoms with Crippen LogP contribution in [-0.4, -0.2) is 60.1 Å². The van der Waals surface area contributed by atoms with E-state index in [1.807, 2.05) is 0 Å². The monoisotopic (exact) mass is 372 g/mol. The molecule has 4 nitrogen and oxygen atoms in total. The molecule has 0 bridgehead atoms. The Hall–Kier alpha value is -1.39. The number of amides is 1. The Balaban J connectivity index is 1.67. The van der Waals surface area contributed by atoms with E-state index in [0.29, 0.717) is 17.7 Å². The Morgan fingerprint density at radius 1 is 1.04 bits per heavy atom. The van der Waals surface area contributed by atoms with Crippen molar-refractivity contribution in [1.29, 1.82) is 0 Å². The Bertz CT molecular complexity index is 594. The molecule has 2 fully saturated rings. The van der Waals surface area contributed by atoms with E-state index < -0.39 is 0 Å². The summed E-state index contributed by atoms with van der Waals surface area (Å²) >= 11 is 0. The molecule has 4 atom stereocenters. The summed E-state index contributed by atoms with van der Waals surface area (Å²) in [5.74, 6) is 1.20. The number of morpholine rings is 1. The molecule has 0 aromatic heterocycles. The highest BCUT2D eigenvalue weighted by Crippen LogP contribution is 2.29. The Morgan fingerprint density at radius 3 is 2.33 bits per heavy atom. The van der Waals surface area contributed by atoms with Gasteiger partial charge >= 0.3 is 0 Å². The Kier molecular flexibility index (Phi) is 6.93. The van der Waals surface area contributed by atoms with E-state index in [2.05, 4.69) is 67.8 Å². The zero-order valence-electron chi connectivity index (χ0n) is 17.4. The van der Waals surface area contributed by atoms with E-state index >= 15 is 0 Å². The van der Waals surface area contributed by atoms with Gasteiger partial charge in [-0.2, -0.15) is 0 Å². The molecule has 27 heavy (non-hydrogen) atoms. The average molecular weight is 373 g/mol. The van der Waals surface area contributed by atoms with E-state index in [4.69, 9.17) is 4.74 Å². The first kappa shape index (κ1) is 20.3. The first-order valence-corrected chi connectivity index (χ1v) is 10.7. The molecule has 3 rings (SSSR count). The predicted molar refractivity (Wildman–Crippen MR) is 110 cm³/mol. The van der Waals surface area contributed by atoms with Crippen LogP contribution in [-0.2, 0) is 9.53 Å². The largest absolute Gasteiger partial charge is 0.373 e. The molecule has 2 aliphatic rings. The molecule has 150 valence electrons. The van der Waals surface area contributed by atoms with Gasteiger partial charge in [0.1, 0.15) is 0 Å². The minimum Gasteiger partial charge on any atom is -0.373 e. The summed E-state index contributed by atoms with van der Waals surface area (Å²) in [7, 11) is 0. The summed E-state index contributed by atoms with van der Waals surface area (Å²) in [6.45, 7) is 12.0. The standard InChI is InChI=1S/C23H36N2O2/c1-17(2)22(25-15-18(3)27-19(4)16-25)23(26)24-13-8-11-21(12-14-24)20-9-6-5-7-10-20/h5-7,9-10,17-19,21-22H,8,11-16H2,1-4H3. The van der Waals surface area contributed by atoms with Crippen molar-refractivity contribution in [3.05, 3.63) is 35.9 Å². The summed E-state index contributed by atoms with van der Waals surface area (Å²) in [5, 5.41) is 0. The lowest BCUT2D eigenvalue weighted by Crippen LogP contribution is -2.57. The van der Waals surface area contributed by atoms with Crippen LogP contribution in [0.4, 0.5) is 0 Å². The zero-order chi connectivity index (χ0) is 19.4.